The van der Waals surface area contributed by atoms with Crippen LogP contribution in [0, 0.1) is 0 Å². The summed E-state index contributed by atoms with van der Waals surface area (Å²) < 4.78 is 4.04. The number of aromatic amines is 2. The maximum atomic E-state index is 12.0. The SMILES string of the molecule is CCCCCn1c(=O)[nH]c(=O)c2[nH]c(C3C[I-]C3)nc21. The molecule has 0 spiro atoms. The van der Waals surface area contributed by atoms with E-state index < -0.39 is 0 Å². The van der Waals surface area contributed by atoms with Gasteiger partial charge in [-0.05, 0) is 0 Å². The molecule has 2 aromatic heterocycles. The van der Waals surface area contributed by atoms with E-state index in [1.54, 1.807) is 4.57 Å². The molecule has 0 amide bonds. The normalized spacial score (nSPS) is 16.1. The van der Waals surface area contributed by atoms with Crippen molar-refractivity contribution in [3.63, 3.8) is 0 Å². The van der Waals surface area contributed by atoms with Crippen molar-refractivity contribution >= 4 is 11.2 Å². The predicted molar refractivity (Wildman–Crippen MR) is 73.0 cm³/mol. The number of alkyl halides is 2. The fraction of sp³-hybridized carbons (Fsp3) is 0.615. The molecule has 0 unspecified atom stereocenters. The second kappa shape index (κ2) is 5.71. The van der Waals surface area contributed by atoms with Crippen LogP contribution in [0.5, 0.6) is 0 Å². The molecular weight excluding hydrogens is 371 g/mol. The number of H-pyrrole nitrogens is 2. The zero-order valence-electron chi connectivity index (χ0n) is 11.4. The van der Waals surface area contributed by atoms with Gasteiger partial charge in [-0.25, -0.2) is 0 Å². The van der Waals surface area contributed by atoms with E-state index in [1.165, 1.54) is 8.86 Å². The molecule has 6 nitrogen and oxygen atoms in total. The number of imidazole rings is 1. The number of hydrogen-bond donors (Lipinski definition) is 2. The van der Waals surface area contributed by atoms with E-state index in [0.717, 1.165) is 25.1 Å². The van der Waals surface area contributed by atoms with Crippen LogP contribution >= 0.6 is 0 Å². The molecule has 3 rings (SSSR count). The van der Waals surface area contributed by atoms with Crippen LogP contribution in [0.1, 0.15) is 37.9 Å². The standard InChI is InChI=1S/C13H18IN4O2/c1-2-3-4-5-18-11-9(12(19)17-13(18)20)15-10(16-11)8-6-14-7-8/h8H,2-7H2,1H3,(H,15,16)(H,17,19,20)/q-1. The van der Waals surface area contributed by atoms with Crippen molar-refractivity contribution < 1.29 is 21.2 Å². The van der Waals surface area contributed by atoms with Crippen molar-refractivity contribution in [2.75, 3.05) is 8.86 Å². The molecule has 1 aliphatic heterocycles. The Morgan fingerprint density at radius 2 is 2.10 bits per heavy atom. The number of nitrogens with zero attached hydrogens (tertiary/aromatic N) is 2. The fourth-order valence-electron chi connectivity index (χ4n) is 2.34. The molecule has 0 saturated carbocycles. The summed E-state index contributed by atoms with van der Waals surface area (Å²) in [5.74, 6) is 1.35. The Morgan fingerprint density at radius 3 is 2.75 bits per heavy atom. The molecule has 7 heteroatoms. The summed E-state index contributed by atoms with van der Waals surface area (Å²) in [6.45, 7) is 2.74. The topological polar surface area (TPSA) is 83.5 Å². The van der Waals surface area contributed by atoms with Gasteiger partial charge in [-0.15, -0.1) is 0 Å². The summed E-state index contributed by atoms with van der Waals surface area (Å²) in [6, 6.07) is 0. The zero-order chi connectivity index (χ0) is 14.1. The van der Waals surface area contributed by atoms with Crippen LogP contribution in [0.15, 0.2) is 9.59 Å². The predicted octanol–water partition coefficient (Wildman–Crippen LogP) is -2.21. The maximum absolute atomic E-state index is 12.0. The summed E-state index contributed by atoms with van der Waals surface area (Å²) in [4.78, 5) is 33.9. The Morgan fingerprint density at radius 1 is 1.30 bits per heavy atom. The van der Waals surface area contributed by atoms with E-state index in [4.69, 9.17) is 0 Å². The molecule has 2 N–H and O–H groups in total. The number of nitrogens with one attached hydrogen (secondary N) is 2. The Kier molecular flexibility index (Phi) is 3.95. The fourth-order valence-corrected chi connectivity index (χ4v) is 4.42. The molecular formula is C13H18IN4O2-. The van der Waals surface area contributed by atoms with Crippen LogP contribution in [-0.2, 0) is 6.54 Å². The third-order valence-corrected chi connectivity index (χ3v) is 6.99. The number of aryl methyl sites for hydroxylation is 1. The van der Waals surface area contributed by atoms with Gasteiger partial charge in [0.25, 0.3) is 0 Å². The first-order chi connectivity index (χ1) is 9.70. The Balaban J connectivity index is 2.05. The summed E-state index contributed by atoms with van der Waals surface area (Å²) in [7, 11) is 0. The first-order valence-electron chi connectivity index (χ1n) is 6.97. The first-order valence-corrected chi connectivity index (χ1v) is 10.0. The quantitative estimate of drug-likeness (QED) is 0.346. The second-order valence-electron chi connectivity index (χ2n) is 5.13. The van der Waals surface area contributed by atoms with Crippen molar-refractivity contribution in [2.45, 2.75) is 38.6 Å². The van der Waals surface area contributed by atoms with Gasteiger partial charge in [0.2, 0.25) is 0 Å². The molecule has 0 bridgehead atoms. The van der Waals surface area contributed by atoms with Gasteiger partial charge in [0.05, 0.1) is 0 Å². The summed E-state index contributed by atoms with van der Waals surface area (Å²) in [6.07, 6.45) is 3.09. The summed E-state index contributed by atoms with van der Waals surface area (Å²) in [5.41, 5.74) is 0.262. The van der Waals surface area contributed by atoms with Crippen LogP contribution in [0.25, 0.3) is 11.2 Å². The van der Waals surface area contributed by atoms with Crippen molar-refractivity contribution in [3.05, 3.63) is 26.7 Å². The molecule has 1 saturated heterocycles. The van der Waals surface area contributed by atoms with Gasteiger partial charge < -0.3 is 0 Å². The monoisotopic (exact) mass is 389 g/mol. The number of aromatic nitrogens is 4. The van der Waals surface area contributed by atoms with Crippen LogP contribution < -0.4 is 32.5 Å². The third-order valence-electron chi connectivity index (χ3n) is 3.61. The third kappa shape index (κ3) is 2.43. The number of rotatable bonds is 5. The van der Waals surface area contributed by atoms with Gasteiger partial charge in [-0.3, -0.25) is 0 Å². The minimum atomic E-state index is -0.357. The van der Waals surface area contributed by atoms with Crippen LogP contribution in [0.3, 0.4) is 0 Å². The van der Waals surface area contributed by atoms with Crippen molar-refractivity contribution in [1.29, 1.82) is 0 Å². The van der Waals surface area contributed by atoms with Crippen LogP contribution in [0.2, 0.25) is 0 Å². The van der Waals surface area contributed by atoms with Gasteiger partial charge in [-0.1, -0.05) is 0 Å². The molecule has 0 aromatic carbocycles. The average Bonchev–Trinajstić information content (AvgIpc) is 2.76. The van der Waals surface area contributed by atoms with E-state index in [2.05, 4.69) is 21.9 Å². The van der Waals surface area contributed by atoms with E-state index in [0.29, 0.717) is 44.8 Å². The van der Waals surface area contributed by atoms with E-state index in [-0.39, 0.29) is 11.2 Å². The minimum absolute atomic E-state index is 0.346. The molecule has 1 fully saturated rings. The molecule has 110 valence electrons. The molecule has 0 atom stereocenters. The molecule has 3 heterocycles. The van der Waals surface area contributed by atoms with Crippen molar-refractivity contribution in [2.24, 2.45) is 0 Å². The number of halogens is 1. The Labute approximate surface area is 126 Å². The number of unbranched alkanes of at least 4 members (excludes halogenated alkanes) is 2. The van der Waals surface area contributed by atoms with Gasteiger partial charge >= 0.3 is 126 Å². The van der Waals surface area contributed by atoms with E-state index >= 15 is 0 Å². The summed E-state index contributed by atoms with van der Waals surface area (Å²) >= 11 is 0.346. The zero-order valence-corrected chi connectivity index (χ0v) is 13.6. The Hall–Kier alpha value is -1.12. The number of hydrogen-bond acceptors (Lipinski definition) is 3. The molecule has 0 radical (unpaired) electrons. The van der Waals surface area contributed by atoms with Crippen LogP contribution in [-0.4, -0.2) is 28.4 Å². The Bertz CT molecular complexity index is 726. The van der Waals surface area contributed by atoms with Gasteiger partial charge in [0.15, 0.2) is 0 Å². The average molecular weight is 389 g/mol. The molecule has 2 aromatic rings. The molecule has 0 aliphatic carbocycles. The molecule has 20 heavy (non-hydrogen) atoms. The van der Waals surface area contributed by atoms with Gasteiger partial charge in [-0.2, -0.15) is 0 Å². The van der Waals surface area contributed by atoms with E-state index in [1.807, 2.05) is 0 Å². The van der Waals surface area contributed by atoms with Crippen LogP contribution in [0.4, 0.5) is 0 Å². The second-order valence-corrected chi connectivity index (χ2v) is 7.97. The summed E-state index contributed by atoms with van der Waals surface area (Å²) in [5, 5.41) is 0. The first kappa shape index (κ1) is 13.8. The van der Waals surface area contributed by atoms with Gasteiger partial charge in [0, 0.05) is 0 Å². The number of fused-ring (bicyclic) bond motifs is 1. The van der Waals surface area contributed by atoms with Crippen molar-refractivity contribution in [3.8, 4) is 0 Å². The van der Waals surface area contributed by atoms with Gasteiger partial charge in [0.1, 0.15) is 0 Å². The van der Waals surface area contributed by atoms with Crippen molar-refractivity contribution in [1.82, 2.24) is 19.5 Å². The molecule has 1 aliphatic rings. The van der Waals surface area contributed by atoms with E-state index in [9.17, 15) is 9.59 Å².